The number of ether oxygens (including phenoxy) is 1. The van der Waals surface area contributed by atoms with Crippen molar-refractivity contribution in [3.8, 4) is 0 Å². The van der Waals surface area contributed by atoms with Crippen LogP contribution in [0.2, 0.25) is 0 Å². The standard InChI is InChI=1S/C15H31NO/c1-5-10-16-14-8-6-7-9-15(14)17-13(4)11-12(2)3/h12-16H,5-11H2,1-4H3. The van der Waals surface area contributed by atoms with Gasteiger partial charge in [0.2, 0.25) is 0 Å². The molecular weight excluding hydrogens is 210 g/mol. The van der Waals surface area contributed by atoms with Crippen molar-refractivity contribution in [1.82, 2.24) is 5.32 Å². The minimum atomic E-state index is 0.407. The zero-order chi connectivity index (χ0) is 12.7. The fourth-order valence-corrected chi connectivity index (χ4v) is 2.84. The van der Waals surface area contributed by atoms with Gasteiger partial charge in [-0.15, -0.1) is 0 Å². The van der Waals surface area contributed by atoms with E-state index in [9.17, 15) is 0 Å². The quantitative estimate of drug-likeness (QED) is 0.733. The predicted octanol–water partition coefficient (Wildman–Crippen LogP) is 3.75. The smallest absolute Gasteiger partial charge is 0.0731 e. The normalized spacial score (nSPS) is 27.4. The zero-order valence-electron chi connectivity index (χ0n) is 12.2. The van der Waals surface area contributed by atoms with E-state index in [1.54, 1.807) is 0 Å². The van der Waals surface area contributed by atoms with Crippen LogP contribution in [0.1, 0.15) is 66.2 Å². The molecule has 1 aliphatic rings. The minimum Gasteiger partial charge on any atom is -0.374 e. The Balaban J connectivity index is 2.36. The zero-order valence-corrected chi connectivity index (χ0v) is 12.2. The summed E-state index contributed by atoms with van der Waals surface area (Å²) in [7, 11) is 0. The molecule has 1 saturated carbocycles. The second kappa shape index (κ2) is 8.10. The van der Waals surface area contributed by atoms with Gasteiger partial charge in [-0.05, 0) is 45.1 Å². The Morgan fingerprint density at radius 1 is 1.18 bits per heavy atom. The van der Waals surface area contributed by atoms with Crippen molar-refractivity contribution in [3.05, 3.63) is 0 Å². The van der Waals surface area contributed by atoms with Gasteiger partial charge >= 0.3 is 0 Å². The van der Waals surface area contributed by atoms with Gasteiger partial charge in [0.05, 0.1) is 12.2 Å². The fourth-order valence-electron chi connectivity index (χ4n) is 2.84. The molecular formula is C15H31NO. The van der Waals surface area contributed by atoms with Crippen molar-refractivity contribution in [3.63, 3.8) is 0 Å². The first-order chi connectivity index (χ1) is 8.13. The minimum absolute atomic E-state index is 0.407. The van der Waals surface area contributed by atoms with Crippen LogP contribution in [0.3, 0.4) is 0 Å². The molecule has 3 unspecified atom stereocenters. The Bertz CT molecular complexity index is 193. The number of hydrogen-bond donors (Lipinski definition) is 1. The van der Waals surface area contributed by atoms with Gasteiger partial charge in [0, 0.05) is 6.04 Å². The van der Waals surface area contributed by atoms with Crippen LogP contribution < -0.4 is 5.32 Å². The number of nitrogens with one attached hydrogen (secondary N) is 1. The average molecular weight is 241 g/mol. The van der Waals surface area contributed by atoms with Crippen molar-refractivity contribution in [2.45, 2.75) is 84.5 Å². The summed E-state index contributed by atoms with van der Waals surface area (Å²) in [5.74, 6) is 0.732. The summed E-state index contributed by atoms with van der Waals surface area (Å²) in [6.45, 7) is 10.1. The lowest BCUT2D eigenvalue weighted by molar-refractivity contribution is -0.0458. The van der Waals surface area contributed by atoms with E-state index < -0.39 is 0 Å². The van der Waals surface area contributed by atoms with E-state index in [2.05, 4.69) is 33.0 Å². The maximum absolute atomic E-state index is 6.25. The summed E-state index contributed by atoms with van der Waals surface area (Å²) in [6.07, 6.45) is 8.47. The Hall–Kier alpha value is -0.0800. The summed E-state index contributed by atoms with van der Waals surface area (Å²) in [4.78, 5) is 0. The Morgan fingerprint density at radius 2 is 1.88 bits per heavy atom. The largest absolute Gasteiger partial charge is 0.374 e. The maximum Gasteiger partial charge on any atom is 0.0731 e. The highest BCUT2D eigenvalue weighted by Gasteiger charge is 2.26. The lowest BCUT2D eigenvalue weighted by atomic mass is 9.92. The molecule has 0 saturated heterocycles. The molecule has 0 radical (unpaired) electrons. The van der Waals surface area contributed by atoms with E-state index in [1.165, 1.54) is 38.5 Å². The van der Waals surface area contributed by atoms with Crippen LogP contribution in [-0.2, 0) is 4.74 Å². The molecule has 0 heterocycles. The molecule has 0 aromatic rings. The summed E-state index contributed by atoms with van der Waals surface area (Å²) >= 11 is 0. The topological polar surface area (TPSA) is 21.3 Å². The van der Waals surface area contributed by atoms with Crippen LogP contribution in [0.15, 0.2) is 0 Å². The summed E-state index contributed by atoms with van der Waals surface area (Å²) in [5.41, 5.74) is 0. The van der Waals surface area contributed by atoms with Gasteiger partial charge in [-0.2, -0.15) is 0 Å². The molecule has 1 rings (SSSR count). The summed E-state index contributed by atoms with van der Waals surface area (Å²) in [6, 6.07) is 0.596. The molecule has 0 amide bonds. The lowest BCUT2D eigenvalue weighted by Gasteiger charge is -2.34. The Kier molecular flexibility index (Phi) is 7.14. The van der Waals surface area contributed by atoms with E-state index in [4.69, 9.17) is 4.74 Å². The van der Waals surface area contributed by atoms with E-state index in [1.807, 2.05) is 0 Å². The van der Waals surface area contributed by atoms with Crippen LogP contribution >= 0.6 is 0 Å². The van der Waals surface area contributed by atoms with Crippen LogP contribution in [0.4, 0.5) is 0 Å². The summed E-state index contributed by atoms with van der Waals surface area (Å²) < 4.78 is 6.25. The molecule has 0 aromatic carbocycles. The van der Waals surface area contributed by atoms with Gasteiger partial charge in [-0.25, -0.2) is 0 Å². The fraction of sp³-hybridized carbons (Fsp3) is 1.00. The highest BCUT2D eigenvalue weighted by Crippen LogP contribution is 2.23. The van der Waals surface area contributed by atoms with Crippen LogP contribution in [-0.4, -0.2) is 24.8 Å². The number of rotatable bonds is 7. The van der Waals surface area contributed by atoms with E-state index in [0.717, 1.165) is 12.5 Å². The second-order valence-electron chi connectivity index (χ2n) is 5.96. The molecule has 0 aliphatic heterocycles. The third-order valence-electron chi connectivity index (χ3n) is 3.57. The maximum atomic E-state index is 6.25. The molecule has 3 atom stereocenters. The SMILES string of the molecule is CCCNC1CCCCC1OC(C)CC(C)C. The average Bonchev–Trinajstić information content (AvgIpc) is 2.26. The van der Waals surface area contributed by atoms with Crippen LogP contribution in [0.5, 0.6) is 0 Å². The number of hydrogen-bond acceptors (Lipinski definition) is 2. The first kappa shape index (κ1) is 15.0. The van der Waals surface area contributed by atoms with Gasteiger partial charge in [-0.1, -0.05) is 33.6 Å². The third-order valence-corrected chi connectivity index (χ3v) is 3.57. The highest BCUT2D eigenvalue weighted by atomic mass is 16.5. The molecule has 1 N–H and O–H groups in total. The third kappa shape index (κ3) is 5.87. The van der Waals surface area contributed by atoms with Crippen molar-refractivity contribution in [1.29, 1.82) is 0 Å². The van der Waals surface area contributed by atoms with E-state index in [0.29, 0.717) is 18.2 Å². The molecule has 17 heavy (non-hydrogen) atoms. The molecule has 2 nitrogen and oxygen atoms in total. The van der Waals surface area contributed by atoms with Gasteiger partial charge in [0.15, 0.2) is 0 Å². The van der Waals surface area contributed by atoms with Gasteiger partial charge < -0.3 is 10.1 Å². The Morgan fingerprint density at radius 3 is 2.53 bits per heavy atom. The monoisotopic (exact) mass is 241 g/mol. The van der Waals surface area contributed by atoms with Crippen LogP contribution in [0, 0.1) is 5.92 Å². The Labute approximate surface area is 108 Å². The van der Waals surface area contributed by atoms with E-state index >= 15 is 0 Å². The second-order valence-corrected chi connectivity index (χ2v) is 5.96. The van der Waals surface area contributed by atoms with Crippen molar-refractivity contribution in [2.24, 2.45) is 5.92 Å². The van der Waals surface area contributed by atoms with Crippen LogP contribution in [0.25, 0.3) is 0 Å². The first-order valence-electron chi connectivity index (χ1n) is 7.52. The van der Waals surface area contributed by atoms with Gasteiger partial charge in [-0.3, -0.25) is 0 Å². The van der Waals surface area contributed by atoms with Crippen molar-refractivity contribution >= 4 is 0 Å². The van der Waals surface area contributed by atoms with Crippen molar-refractivity contribution in [2.75, 3.05) is 6.54 Å². The highest BCUT2D eigenvalue weighted by molar-refractivity contribution is 4.82. The van der Waals surface area contributed by atoms with Gasteiger partial charge in [0.1, 0.15) is 0 Å². The molecule has 102 valence electrons. The van der Waals surface area contributed by atoms with Gasteiger partial charge in [0.25, 0.3) is 0 Å². The molecule has 1 aliphatic carbocycles. The molecule has 0 spiro atoms. The predicted molar refractivity (Wildman–Crippen MR) is 74.3 cm³/mol. The lowest BCUT2D eigenvalue weighted by Crippen LogP contribution is -2.45. The molecule has 2 heteroatoms. The van der Waals surface area contributed by atoms with Crippen molar-refractivity contribution < 1.29 is 4.74 Å². The molecule has 0 aromatic heterocycles. The summed E-state index contributed by atoms with van der Waals surface area (Å²) in [5, 5.41) is 3.66. The first-order valence-corrected chi connectivity index (χ1v) is 7.52. The molecule has 0 bridgehead atoms. The molecule has 1 fully saturated rings. The van der Waals surface area contributed by atoms with E-state index in [-0.39, 0.29) is 0 Å².